The molecule has 2 heterocycles. The number of aliphatic hydroxyl groups is 1. The first-order valence-corrected chi connectivity index (χ1v) is 18.2. The maximum absolute atomic E-state index is 14.5. The molecule has 0 radical (unpaired) electrons. The summed E-state index contributed by atoms with van der Waals surface area (Å²) in [7, 11) is -4.46. The number of amides is 2. The number of para-hydroxylation sites is 1. The highest BCUT2D eigenvalue weighted by Crippen LogP contribution is 2.31. The predicted molar refractivity (Wildman–Crippen MR) is 189 cm³/mol. The summed E-state index contributed by atoms with van der Waals surface area (Å²) in [4.78, 5) is 41.8. The summed E-state index contributed by atoms with van der Waals surface area (Å²) >= 11 is 0. The van der Waals surface area contributed by atoms with Gasteiger partial charge in [-0.15, -0.1) is 0 Å². The van der Waals surface area contributed by atoms with E-state index in [9.17, 15) is 33.2 Å². The van der Waals surface area contributed by atoms with Gasteiger partial charge in [0, 0.05) is 37.1 Å². The van der Waals surface area contributed by atoms with Crippen LogP contribution in [-0.2, 0) is 23.0 Å². The number of nitrogens with zero attached hydrogens (tertiary/aromatic N) is 5. The third-order valence-electron chi connectivity index (χ3n) is 8.84. The van der Waals surface area contributed by atoms with Crippen LogP contribution in [0.4, 0.5) is 11.4 Å². The Morgan fingerprint density at radius 3 is 2.32 bits per heavy atom. The van der Waals surface area contributed by atoms with Gasteiger partial charge in [-0.05, 0) is 67.6 Å². The van der Waals surface area contributed by atoms with Gasteiger partial charge in [0.2, 0.25) is 0 Å². The lowest BCUT2D eigenvalue weighted by Gasteiger charge is -2.36. The number of nitrogens with one attached hydrogen (secondary N) is 1. The van der Waals surface area contributed by atoms with Crippen LogP contribution in [0.3, 0.4) is 0 Å². The van der Waals surface area contributed by atoms with Gasteiger partial charge in [-0.3, -0.25) is 24.4 Å². The first-order chi connectivity index (χ1) is 24.0. The zero-order valence-corrected chi connectivity index (χ0v) is 29.2. The fraction of sp³-hybridized carbons (Fsp3) is 0.361. The Morgan fingerprint density at radius 2 is 1.66 bits per heavy atom. The van der Waals surface area contributed by atoms with Gasteiger partial charge >= 0.3 is 0 Å². The molecule has 5 rings (SSSR count). The van der Waals surface area contributed by atoms with Gasteiger partial charge in [-0.1, -0.05) is 63.1 Å². The minimum atomic E-state index is -4.46. The smallest absolute Gasteiger partial charge is 0.289 e. The van der Waals surface area contributed by atoms with Crippen LogP contribution >= 0.6 is 0 Å². The molecule has 1 aromatic heterocycles. The molecule has 0 aliphatic carbocycles. The predicted octanol–water partition coefficient (Wildman–Crippen LogP) is 5.49. The van der Waals surface area contributed by atoms with Gasteiger partial charge in [0.25, 0.3) is 27.5 Å². The number of hydrogen-bond donors (Lipinski definition) is 2. The van der Waals surface area contributed by atoms with Crippen molar-refractivity contribution < 1.29 is 28.0 Å². The molecule has 2 amide bonds. The van der Waals surface area contributed by atoms with Crippen molar-refractivity contribution in [3.05, 3.63) is 111 Å². The van der Waals surface area contributed by atoms with Gasteiger partial charge < -0.3 is 14.9 Å². The maximum Gasteiger partial charge on any atom is 0.289 e. The minimum Gasteiger partial charge on any atom is -0.394 e. The number of aliphatic hydroxyl groups excluding tert-OH is 1. The molecule has 3 aromatic carbocycles. The Bertz CT molecular complexity index is 1990. The lowest BCUT2D eigenvalue weighted by molar-refractivity contribution is -0.387. The highest BCUT2D eigenvalue weighted by molar-refractivity contribution is 7.92. The number of anilines is 1. The molecular weight excluding hydrogens is 660 g/mol. The van der Waals surface area contributed by atoms with E-state index in [1.165, 1.54) is 35.0 Å². The van der Waals surface area contributed by atoms with Gasteiger partial charge in [0.15, 0.2) is 10.6 Å². The number of hydrogen-bond acceptors (Lipinski definition) is 8. The quantitative estimate of drug-likeness (QED) is 0.128. The average Bonchev–Trinajstić information content (AvgIpc) is 3.51. The summed E-state index contributed by atoms with van der Waals surface area (Å²) in [6.45, 7) is 6.98. The van der Waals surface area contributed by atoms with E-state index < -0.39 is 37.5 Å². The highest BCUT2D eigenvalue weighted by atomic mass is 32.2. The van der Waals surface area contributed by atoms with E-state index in [0.29, 0.717) is 30.9 Å². The van der Waals surface area contributed by atoms with Crippen molar-refractivity contribution in [2.24, 2.45) is 0 Å². The number of benzene rings is 3. The van der Waals surface area contributed by atoms with E-state index in [-0.39, 0.29) is 36.0 Å². The number of unbranched alkanes of at least 4 members (excludes halogenated alkanes) is 2. The Kier molecular flexibility index (Phi) is 11.3. The molecule has 50 heavy (non-hydrogen) atoms. The third-order valence-corrected chi connectivity index (χ3v) is 10.3. The second kappa shape index (κ2) is 15.6. The van der Waals surface area contributed by atoms with Crippen LogP contribution in [-0.4, -0.2) is 75.6 Å². The van der Waals surface area contributed by atoms with Crippen LogP contribution in [0.15, 0.2) is 77.7 Å². The highest BCUT2D eigenvalue weighted by Gasteiger charge is 2.33. The Balaban J connectivity index is 1.59. The molecule has 0 spiro atoms. The molecule has 1 atom stereocenters. The fourth-order valence-corrected chi connectivity index (χ4v) is 7.36. The molecule has 0 fully saturated rings. The molecule has 0 saturated carbocycles. The topological polar surface area (TPSA) is 168 Å². The van der Waals surface area contributed by atoms with E-state index in [4.69, 9.17) is 0 Å². The van der Waals surface area contributed by atoms with Crippen molar-refractivity contribution in [3.63, 3.8) is 0 Å². The first-order valence-electron chi connectivity index (χ1n) is 16.7. The fourth-order valence-electron chi connectivity index (χ4n) is 6.14. The lowest BCUT2D eigenvalue weighted by atomic mass is 9.93. The Hall–Kier alpha value is -5.08. The van der Waals surface area contributed by atoms with Crippen LogP contribution in [0.25, 0.3) is 5.69 Å². The number of aryl methyl sites for hydroxylation is 1. The summed E-state index contributed by atoms with van der Waals surface area (Å²) in [6.07, 6.45) is 3.98. The number of carbonyl (C=O) groups is 2. The second-order valence-corrected chi connectivity index (χ2v) is 14.0. The number of nitro benzene ring substituents is 1. The van der Waals surface area contributed by atoms with E-state index in [1.807, 2.05) is 24.3 Å². The molecule has 1 aliphatic heterocycles. The third kappa shape index (κ3) is 7.71. The monoisotopic (exact) mass is 702 g/mol. The van der Waals surface area contributed by atoms with Crippen LogP contribution in [0.2, 0.25) is 0 Å². The van der Waals surface area contributed by atoms with Gasteiger partial charge in [-0.2, -0.15) is 5.10 Å². The molecule has 1 aliphatic rings. The summed E-state index contributed by atoms with van der Waals surface area (Å²) in [6, 6.07) is 18.1. The molecule has 0 bridgehead atoms. The number of carbonyl (C=O) groups excluding carboxylic acids is 2. The maximum atomic E-state index is 14.5. The van der Waals surface area contributed by atoms with Crippen molar-refractivity contribution >= 4 is 33.2 Å². The van der Waals surface area contributed by atoms with Crippen molar-refractivity contribution in [2.75, 3.05) is 24.4 Å². The first kappa shape index (κ1) is 36.2. The van der Waals surface area contributed by atoms with E-state index in [0.717, 1.165) is 48.9 Å². The summed E-state index contributed by atoms with van der Waals surface area (Å²) in [5.74, 6) is -0.709. The second-order valence-electron chi connectivity index (χ2n) is 12.4. The molecule has 14 heteroatoms. The normalized spacial score (nSPS) is 14.2. The van der Waals surface area contributed by atoms with E-state index >= 15 is 0 Å². The van der Waals surface area contributed by atoms with Crippen molar-refractivity contribution in [2.45, 2.75) is 70.4 Å². The molecule has 4 aromatic rings. The SMILES string of the molecule is CCCCN(CCCC)C(=O)c1cc(C)n(-c2ccc(NS(=O)(=O)c3ccccc3[N+](=O)[O-])cc2C(=O)N2Cc3ccccc3C[C@H]2CO)n1. The standard InChI is InChI=1S/C36H42N6O7S/c1-4-6-18-39(19-7-5-2)36(45)31-20-25(3)41(37-31)32-17-16-28(38-50(48,49)34-15-11-10-14-33(34)42(46)47)22-30(32)35(44)40-23-27-13-9-8-12-26(27)21-29(40)24-43/h8-17,20,22,29,38,43H,4-7,18-19,21,23-24H2,1-3H3/t29-/m0/s1. The summed E-state index contributed by atoms with van der Waals surface area (Å²) in [5, 5.41) is 26.6. The van der Waals surface area contributed by atoms with Crippen molar-refractivity contribution in [1.82, 2.24) is 19.6 Å². The van der Waals surface area contributed by atoms with Gasteiger partial charge in [0.05, 0.1) is 28.8 Å². The molecule has 0 saturated heterocycles. The summed E-state index contributed by atoms with van der Waals surface area (Å²) in [5.41, 5.74) is 2.47. The van der Waals surface area contributed by atoms with E-state index in [1.54, 1.807) is 22.8 Å². The zero-order chi connectivity index (χ0) is 36.0. The van der Waals surface area contributed by atoms with Crippen LogP contribution < -0.4 is 4.72 Å². The zero-order valence-electron chi connectivity index (χ0n) is 28.4. The molecule has 2 N–H and O–H groups in total. The number of sulfonamides is 1. The lowest BCUT2D eigenvalue weighted by Crippen LogP contribution is -2.46. The van der Waals surface area contributed by atoms with Crippen LogP contribution in [0.5, 0.6) is 0 Å². The van der Waals surface area contributed by atoms with Crippen LogP contribution in [0, 0.1) is 17.0 Å². The van der Waals surface area contributed by atoms with Gasteiger partial charge in [-0.25, -0.2) is 13.1 Å². The Labute approximate surface area is 291 Å². The number of aromatic nitrogens is 2. The van der Waals surface area contributed by atoms with Gasteiger partial charge in [0.1, 0.15) is 0 Å². The number of nitro groups is 1. The number of fused-ring (bicyclic) bond motifs is 1. The summed E-state index contributed by atoms with van der Waals surface area (Å²) < 4.78 is 30.8. The molecule has 0 unspecified atom stereocenters. The largest absolute Gasteiger partial charge is 0.394 e. The molecule has 13 nitrogen and oxygen atoms in total. The minimum absolute atomic E-state index is 0.0142. The molecule has 264 valence electrons. The number of rotatable bonds is 14. The van der Waals surface area contributed by atoms with Crippen molar-refractivity contribution in [3.8, 4) is 5.69 Å². The van der Waals surface area contributed by atoms with Crippen LogP contribution in [0.1, 0.15) is 77.2 Å². The molecular formula is C36H42N6O7S. The van der Waals surface area contributed by atoms with Crippen molar-refractivity contribution in [1.29, 1.82) is 0 Å². The Morgan fingerprint density at radius 1 is 1.00 bits per heavy atom. The van der Waals surface area contributed by atoms with E-state index in [2.05, 4.69) is 23.7 Å². The average molecular weight is 703 g/mol.